The van der Waals surface area contributed by atoms with E-state index in [-0.39, 0.29) is 29.2 Å². The van der Waals surface area contributed by atoms with E-state index in [1.54, 1.807) is 42.5 Å². The molecule has 2 aliphatic heterocycles. The van der Waals surface area contributed by atoms with Crippen molar-refractivity contribution in [2.45, 2.75) is 16.2 Å². The van der Waals surface area contributed by atoms with E-state index in [0.29, 0.717) is 37.6 Å². The SMILES string of the molecule is O=C(COc1ccc(Cl)cc1C1c2sc(=O)[nH]c2SC2C(=O)N(c3ccccc3)C(=O)C21)Nc1cccc2ccccc12. The summed E-state index contributed by atoms with van der Waals surface area (Å²) in [7, 11) is 0. The van der Waals surface area contributed by atoms with Crippen LogP contribution in [0.1, 0.15) is 16.4 Å². The first kappa shape index (κ1) is 27.5. The first-order chi connectivity index (χ1) is 20.9. The number of amides is 3. The van der Waals surface area contributed by atoms with Crippen molar-refractivity contribution in [1.82, 2.24) is 4.98 Å². The topological polar surface area (TPSA) is 109 Å². The number of fused-ring (bicyclic) bond motifs is 3. The standard InChI is InChI=1S/C32H22ClN3O5S2/c33-18-13-14-23(41-16-24(37)34-22-12-6-8-17-7-4-5-11-20(17)22)21(15-18)25-26-28(42-29-27(25)43-32(40)35-29)31(39)36(30(26)38)19-9-2-1-3-10-19/h1-15,25-26,28H,16H2,(H,34,37)(H,35,40). The van der Waals surface area contributed by atoms with Crippen LogP contribution >= 0.6 is 34.7 Å². The van der Waals surface area contributed by atoms with Gasteiger partial charge in [0.25, 0.3) is 5.91 Å². The zero-order chi connectivity index (χ0) is 29.7. The lowest BCUT2D eigenvalue weighted by molar-refractivity contribution is -0.122. The summed E-state index contributed by atoms with van der Waals surface area (Å²) >= 11 is 8.64. The molecule has 3 unspecified atom stereocenters. The molecular weight excluding hydrogens is 606 g/mol. The second-order valence-electron chi connectivity index (χ2n) is 10.1. The number of nitrogens with zero attached hydrogens (tertiary/aromatic N) is 1. The molecule has 43 heavy (non-hydrogen) atoms. The highest BCUT2D eigenvalue weighted by Crippen LogP contribution is 2.54. The molecule has 3 heterocycles. The Morgan fingerprint density at radius 3 is 2.53 bits per heavy atom. The fraction of sp³-hybridized carbons (Fsp3) is 0.125. The number of anilines is 2. The number of rotatable bonds is 6. The summed E-state index contributed by atoms with van der Waals surface area (Å²) in [5, 5.41) is 4.97. The van der Waals surface area contributed by atoms with Gasteiger partial charge in [-0.15, -0.1) is 0 Å². The Hall–Kier alpha value is -4.38. The van der Waals surface area contributed by atoms with Gasteiger partial charge in [0.2, 0.25) is 11.8 Å². The summed E-state index contributed by atoms with van der Waals surface area (Å²) in [5.74, 6) is -2.29. The van der Waals surface area contributed by atoms with E-state index >= 15 is 0 Å². The van der Waals surface area contributed by atoms with Crippen LogP contribution in [0.25, 0.3) is 10.8 Å². The zero-order valence-corrected chi connectivity index (χ0v) is 24.7. The number of carbonyl (C=O) groups is 3. The Morgan fingerprint density at radius 2 is 1.70 bits per heavy atom. The molecule has 214 valence electrons. The van der Waals surface area contributed by atoms with Crippen LogP contribution in [0.4, 0.5) is 11.4 Å². The number of para-hydroxylation sites is 1. The molecule has 2 aliphatic rings. The summed E-state index contributed by atoms with van der Waals surface area (Å²) in [6, 6.07) is 27.1. The van der Waals surface area contributed by atoms with E-state index in [1.807, 2.05) is 48.5 Å². The Morgan fingerprint density at radius 1 is 0.930 bits per heavy atom. The van der Waals surface area contributed by atoms with E-state index in [2.05, 4.69) is 10.3 Å². The molecule has 3 amide bonds. The highest BCUT2D eigenvalue weighted by Gasteiger charge is 2.56. The van der Waals surface area contributed by atoms with Crippen LogP contribution < -0.4 is 19.8 Å². The Kier molecular flexibility index (Phi) is 7.04. The Labute approximate surface area is 258 Å². The highest BCUT2D eigenvalue weighted by atomic mass is 35.5. The maximum absolute atomic E-state index is 14.0. The molecule has 3 atom stereocenters. The number of aromatic amines is 1. The van der Waals surface area contributed by atoms with E-state index in [1.165, 1.54) is 16.7 Å². The number of halogens is 1. The zero-order valence-electron chi connectivity index (χ0n) is 22.3. The molecule has 5 aromatic rings. The van der Waals surface area contributed by atoms with Crippen molar-refractivity contribution in [3.05, 3.63) is 116 Å². The lowest BCUT2D eigenvalue weighted by Crippen LogP contribution is -2.32. The van der Waals surface area contributed by atoms with Crippen LogP contribution in [0.15, 0.2) is 101 Å². The van der Waals surface area contributed by atoms with Crippen LogP contribution in [0.5, 0.6) is 5.75 Å². The summed E-state index contributed by atoms with van der Waals surface area (Å²) in [4.78, 5) is 57.6. The average molecular weight is 628 g/mol. The first-order valence-corrected chi connectivity index (χ1v) is 15.5. The van der Waals surface area contributed by atoms with E-state index < -0.39 is 17.1 Å². The largest absolute Gasteiger partial charge is 0.483 e. The van der Waals surface area contributed by atoms with E-state index in [0.717, 1.165) is 22.1 Å². The van der Waals surface area contributed by atoms with Gasteiger partial charge >= 0.3 is 4.87 Å². The number of nitrogens with one attached hydrogen (secondary N) is 2. The molecule has 7 rings (SSSR count). The van der Waals surface area contributed by atoms with Crippen molar-refractivity contribution in [3.8, 4) is 5.75 Å². The summed E-state index contributed by atoms with van der Waals surface area (Å²) < 4.78 is 6.06. The van der Waals surface area contributed by atoms with Crippen LogP contribution in [0.2, 0.25) is 5.02 Å². The van der Waals surface area contributed by atoms with Crippen molar-refractivity contribution in [3.63, 3.8) is 0 Å². The van der Waals surface area contributed by atoms with Gasteiger partial charge in [0.15, 0.2) is 6.61 Å². The second kappa shape index (κ2) is 11.0. The Bertz CT molecular complexity index is 1970. The van der Waals surface area contributed by atoms with Gasteiger partial charge in [-0.05, 0) is 41.8 Å². The normalized spacial score (nSPS) is 19.3. The summed E-state index contributed by atoms with van der Waals surface area (Å²) in [5.41, 5.74) is 1.66. The number of benzene rings is 4. The third-order valence-corrected chi connectivity index (χ3v) is 10.2. The number of H-pyrrole nitrogens is 1. The lowest BCUT2D eigenvalue weighted by Gasteiger charge is -2.31. The number of imide groups is 1. The molecule has 11 heteroatoms. The van der Waals surface area contributed by atoms with Crippen molar-refractivity contribution in [2.24, 2.45) is 5.92 Å². The Balaban J connectivity index is 1.23. The number of hydrogen-bond donors (Lipinski definition) is 2. The van der Waals surface area contributed by atoms with Gasteiger partial charge in [-0.1, -0.05) is 89.3 Å². The van der Waals surface area contributed by atoms with Gasteiger partial charge in [0.05, 0.1) is 16.6 Å². The van der Waals surface area contributed by atoms with Gasteiger partial charge in [-0.3, -0.25) is 19.2 Å². The van der Waals surface area contributed by atoms with Crippen LogP contribution in [0, 0.1) is 5.92 Å². The molecule has 0 aliphatic carbocycles. The molecule has 8 nitrogen and oxygen atoms in total. The minimum Gasteiger partial charge on any atom is -0.483 e. The lowest BCUT2D eigenvalue weighted by atomic mass is 9.82. The predicted octanol–water partition coefficient (Wildman–Crippen LogP) is 6.06. The minimum absolute atomic E-state index is 0.291. The van der Waals surface area contributed by atoms with Gasteiger partial charge < -0.3 is 15.0 Å². The van der Waals surface area contributed by atoms with E-state index in [9.17, 15) is 19.2 Å². The maximum Gasteiger partial charge on any atom is 0.305 e. The van der Waals surface area contributed by atoms with Crippen molar-refractivity contribution in [2.75, 3.05) is 16.8 Å². The van der Waals surface area contributed by atoms with Crippen LogP contribution in [-0.2, 0) is 14.4 Å². The van der Waals surface area contributed by atoms with Crippen molar-refractivity contribution in [1.29, 1.82) is 0 Å². The van der Waals surface area contributed by atoms with Crippen LogP contribution in [-0.4, -0.2) is 34.6 Å². The third-order valence-electron chi connectivity index (χ3n) is 7.57. The number of thiazole rings is 1. The quantitative estimate of drug-likeness (QED) is 0.222. The first-order valence-electron chi connectivity index (χ1n) is 13.4. The fourth-order valence-corrected chi connectivity index (χ4v) is 8.43. The molecule has 1 aromatic heterocycles. The third kappa shape index (κ3) is 4.91. The van der Waals surface area contributed by atoms with Gasteiger partial charge in [0, 0.05) is 32.5 Å². The highest BCUT2D eigenvalue weighted by molar-refractivity contribution is 8.00. The van der Waals surface area contributed by atoms with Gasteiger partial charge in [-0.2, -0.15) is 0 Å². The van der Waals surface area contributed by atoms with Crippen molar-refractivity contribution >= 4 is 74.6 Å². The molecule has 0 radical (unpaired) electrons. The number of thioether (sulfide) groups is 1. The number of hydrogen-bond acceptors (Lipinski definition) is 7. The predicted molar refractivity (Wildman–Crippen MR) is 168 cm³/mol. The molecule has 4 aromatic carbocycles. The maximum atomic E-state index is 14.0. The fourth-order valence-electron chi connectivity index (χ4n) is 5.74. The monoisotopic (exact) mass is 627 g/mol. The van der Waals surface area contributed by atoms with Crippen molar-refractivity contribution < 1.29 is 19.1 Å². The van der Waals surface area contributed by atoms with Gasteiger partial charge in [0.1, 0.15) is 11.0 Å². The molecule has 2 N–H and O–H groups in total. The smallest absolute Gasteiger partial charge is 0.305 e. The van der Waals surface area contributed by atoms with E-state index in [4.69, 9.17) is 16.3 Å². The molecule has 0 spiro atoms. The number of carbonyl (C=O) groups excluding carboxylic acids is 3. The summed E-state index contributed by atoms with van der Waals surface area (Å²) in [6.45, 7) is -0.313. The summed E-state index contributed by atoms with van der Waals surface area (Å²) in [6.07, 6.45) is 0. The average Bonchev–Trinajstić information content (AvgIpc) is 3.51. The number of aromatic nitrogens is 1. The second-order valence-corrected chi connectivity index (χ2v) is 12.7. The van der Waals surface area contributed by atoms with Crippen LogP contribution in [0.3, 0.4) is 0 Å². The number of ether oxygens (including phenoxy) is 1. The minimum atomic E-state index is -0.818. The molecular formula is C32H22ClN3O5S2. The molecule has 1 saturated heterocycles. The molecule has 1 fully saturated rings. The molecule has 0 bridgehead atoms. The van der Waals surface area contributed by atoms with Gasteiger partial charge in [-0.25, -0.2) is 4.90 Å². The molecule has 0 saturated carbocycles.